The van der Waals surface area contributed by atoms with Crippen LogP contribution in [0.5, 0.6) is 0 Å². The van der Waals surface area contributed by atoms with E-state index in [-0.39, 0.29) is 12.5 Å². The van der Waals surface area contributed by atoms with Gasteiger partial charge in [0.2, 0.25) is 5.91 Å². The number of anilines is 1. The number of nitrogens with one attached hydrogen (secondary N) is 2. The predicted molar refractivity (Wildman–Crippen MR) is 73.6 cm³/mol. The van der Waals surface area contributed by atoms with Crippen molar-refractivity contribution >= 4 is 22.6 Å². The molecule has 0 atom stereocenters. The SMILES string of the molecule is CCNC(=O)CNc1nc2ccccc2cc1C#N. The summed E-state index contributed by atoms with van der Waals surface area (Å²) in [4.78, 5) is 15.8. The van der Waals surface area contributed by atoms with Crippen molar-refractivity contribution in [2.45, 2.75) is 6.92 Å². The Morgan fingerprint density at radius 1 is 1.42 bits per heavy atom. The number of hydrogen-bond donors (Lipinski definition) is 2. The number of nitriles is 1. The number of nitrogens with zero attached hydrogens (tertiary/aromatic N) is 2. The number of carbonyl (C=O) groups is 1. The van der Waals surface area contributed by atoms with E-state index >= 15 is 0 Å². The lowest BCUT2D eigenvalue weighted by molar-refractivity contribution is -0.119. The van der Waals surface area contributed by atoms with Gasteiger partial charge in [-0.15, -0.1) is 0 Å². The maximum absolute atomic E-state index is 11.4. The summed E-state index contributed by atoms with van der Waals surface area (Å²) in [6, 6.07) is 11.4. The number of benzene rings is 1. The van der Waals surface area contributed by atoms with Gasteiger partial charge in [0.1, 0.15) is 11.9 Å². The zero-order chi connectivity index (χ0) is 13.7. The third kappa shape index (κ3) is 2.99. The Balaban J connectivity index is 2.26. The van der Waals surface area contributed by atoms with Gasteiger partial charge >= 0.3 is 0 Å². The first-order chi connectivity index (χ1) is 9.24. The Labute approximate surface area is 111 Å². The molecule has 0 saturated carbocycles. The van der Waals surface area contributed by atoms with E-state index in [0.717, 1.165) is 10.9 Å². The first-order valence-electron chi connectivity index (χ1n) is 6.05. The second-order valence-electron chi connectivity index (χ2n) is 4.00. The molecule has 0 radical (unpaired) electrons. The van der Waals surface area contributed by atoms with Gasteiger partial charge in [0.05, 0.1) is 17.6 Å². The minimum atomic E-state index is -0.124. The Morgan fingerprint density at radius 3 is 2.95 bits per heavy atom. The summed E-state index contributed by atoms with van der Waals surface area (Å²) in [7, 11) is 0. The fourth-order valence-electron chi connectivity index (χ4n) is 1.76. The van der Waals surface area contributed by atoms with Gasteiger partial charge in [-0.25, -0.2) is 4.98 Å². The van der Waals surface area contributed by atoms with Crippen molar-refractivity contribution in [2.75, 3.05) is 18.4 Å². The highest BCUT2D eigenvalue weighted by Gasteiger charge is 2.07. The second-order valence-corrected chi connectivity index (χ2v) is 4.00. The van der Waals surface area contributed by atoms with Crippen LogP contribution in [0.3, 0.4) is 0 Å². The van der Waals surface area contributed by atoms with Crippen LogP contribution in [-0.4, -0.2) is 24.0 Å². The molecule has 0 spiro atoms. The first-order valence-corrected chi connectivity index (χ1v) is 6.05. The van der Waals surface area contributed by atoms with E-state index in [0.29, 0.717) is 17.9 Å². The smallest absolute Gasteiger partial charge is 0.239 e. The molecule has 2 rings (SSSR count). The topological polar surface area (TPSA) is 77.8 Å². The lowest BCUT2D eigenvalue weighted by Gasteiger charge is -2.08. The number of carbonyl (C=O) groups excluding carboxylic acids is 1. The molecule has 2 N–H and O–H groups in total. The van der Waals surface area contributed by atoms with Crippen molar-refractivity contribution in [1.82, 2.24) is 10.3 Å². The number of fused-ring (bicyclic) bond motifs is 1. The normalized spacial score (nSPS) is 9.89. The van der Waals surface area contributed by atoms with Crippen LogP contribution in [0.1, 0.15) is 12.5 Å². The van der Waals surface area contributed by atoms with Gasteiger partial charge < -0.3 is 10.6 Å². The molecule has 0 bridgehead atoms. The van der Waals surface area contributed by atoms with Crippen molar-refractivity contribution < 1.29 is 4.79 Å². The Bertz CT molecular complexity index is 645. The monoisotopic (exact) mass is 254 g/mol. The van der Waals surface area contributed by atoms with Gasteiger partial charge in [-0.3, -0.25) is 4.79 Å². The molecule has 5 nitrogen and oxygen atoms in total. The summed E-state index contributed by atoms with van der Waals surface area (Å²) in [5.41, 5.74) is 1.22. The molecular weight excluding hydrogens is 240 g/mol. The molecule has 0 aliphatic heterocycles. The van der Waals surface area contributed by atoms with Crippen LogP contribution in [0, 0.1) is 11.3 Å². The van der Waals surface area contributed by atoms with Crippen molar-refractivity contribution in [3.8, 4) is 6.07 Å². The van der Waals surface area contributed by atoms with Gasteiger partial charge in [0.25, 0.3) is 0 Å². The lowest BCUT2D eigenvalue weighted by Crippen LogP contribution is -2.29. The molecule has 0 saturated heterocycles. The first kappa shape index (κ1) is 12.8. The molecule has 1 aromatic carbocycles. The highest BCUT2D eigenvalue weighted by atomic mass is 16.1. The fraction of sp³-hybridized carbons (Fsp3) is 0.214. The quantitative estimate of drug-likeness (QED) is 0.869. The van der Waals surface area contributed by atoms with E-state index in [9.17, 15) is 4.79 Å². The van der Waals surface area contributed by atoms with Crippen LogP contribution >= 0.6 is 0 Å². The van der Waals surface area contributed by atoms with Crippen molar-refractivity contribution in [2.24, 2.45) is 0 Å². The van der Waals surface area contributed by atoms with Gasteiger partial charge in [-0.05, 0) is 19.1 Å². The van der Waals surface area contributed by atoms with Crippen LogP contribution in [-0.2, 0) is 4.79 Å². The molecule has 5 heteroatoms. The van der Waals surface area contributed by atoms with Crippen LogP contribution in [0.4, 0.5) is 5.82 Å². The zero-order valence-corrected chi connectivity index (χ0v) is 10.6. The van der Waals surface area contributed by atoms with E-state index in [1.807, 2.05) is 31.2 Å². The average molecular weight is 254 g/mol. The number of likely N-dealkylation sites (N-methyl/N-ethyl adjacent to an activating group) is 1. The van der Waals surface area contributed by atoms with E-state index in [4.69, 9.17) is 5.26 Å². The van der Waals surface area contributed by atoms with Crippen LogP contribution in [0.15, 0.2) is 30.3 Å². The van der Waals surface area contributed by atoms with Crippen molar-refractivity contribution in [3.05, 3.63) is 35.9 Å². The van der Waals surface area contributed by atoms with E-state index < -0.39 is 0 Å². The van der Waals surface area contributed by atoms with Crippen molar-refractivity contribution in [1.29, 1.82) is 5.26 Å². The molecule has 0 aliphatic carbocycles. The number of aromatic nitrogens is 1. The molecule has 1 heterocycles. The molecule has 0 fully saturated rings. The van der Waals surface area contributed by atoms with Crippen LogP contribution < -0.4 is 10.6 Å². The average Bonchev–Trinajstić information content (AvgIpc) is 2.44. The van der Waals surface area contributed by atoms with Gasteiger partial charge in [0.15, 0.2) is 0 Å². The number of pyridine rings is 1. The zero-order valence-electron chi connectivity index (χ0n) is 10.6. The van der Waals surface area contributed by atoms with Crippen molar-refractivity contribution in [3.63, 3.8) is 0 Å². The van der Waals surface area contributed by atoms with Gasteiger partial charge in [0, 0.05) is 11.9 Å². The largest absolute Gasteiger partial charge is 0.360 e. The highest BCUT2D eigenvalue weighted by molar-refractivity contribution is 5.85. The number of amides is 1. The maximum atomic E-state index is 11.4. The van der Waals surface area contributed by atoms with Crippen LogP contribution in [0.25, 0.3) is 10.9 Å². The Hall–Kier alpha value is -2.61. The summed E-state index contributed by atoms with van der Waals surface area (Å²) < 4.78 is 0. The summed E-state index contributed by atoms with van der Waals surface area (Å²) in [6.45, 7) is 2.54. The molecule has 1 amide bonds. The summed E-state index contributed by atoms with van der Waals surface area (Å²) in [5.74, 6) is 0.314. The fourth-order valence-corrected chi connectivity index (χ4v) is 1.76. The third-order valence-electron chi connectivity index (χ3n) is 2.63. The highest BCUT2D eigenvalue weighted by Crippen LogP contribution is 2.19. The Morgan fingerprint density at radius 2 is 2.21 bits per heavy atom. The molecular formula is C14H14N4O. The lowest BCUT2D eigenvalue weighted by atomic mass is 10.1. The maximum Gasteiger partial charge on any atom is 0.239 e. The summed E-state index contributed by atoms with van der Waals surface area (Å²) in [5, 5.41) is 15.6. The van der Waals surface area contributed by atoms with E-state index in [1.54, 1.807) is 6.07 Å². The minimum Gasteiger partial charge on any atom is -0.360 e. The van der Waals surface area contributed by atoms with Gasteiger partial charge in [-0.2, -0.15) is 5.26 Å². The molecule has 0 unspecified atom stereocenters. The number of rotatable bonds is 4. The van der Waals surface area contributed by atoms with Crippen LogP contribution in [0.2, 0.25) is 0 Å². The summed E-state index contributed by atoms with van der Waals surface area (Å²) in [6.07, 6.45) is 0. The molecule has 2 aromatic rings. The standard InChI is InChI=1S/C14H14N4O/c1-2-16-13(19)9-17-14-11(8-15)7-10-5-3-4-6-12(10)18-14/h3-7H,2,9H2,1H3,(H,16,19)(H,17,18). The van der Waals surface area contributed by atoms with E-state index in [2.05, 4.69) is 21.7 Å². The molecule has 0 aliphatic rings. The molecule has 19 heavy (non-hydrogen) atoms. The predicted octanol–water partition coefficient (Wildman–Crippen LogP) is 1.65. The number of hydrogen-bond acceptors (Lipinski definition) is 4. The summed E-state index contributed by atoms with van der Waals surface area (Å²) >= 11 is 0. The van der Waals surface area contributed by atoms with Gasteiger partial charge in [-0.1, -0.05) is 18.2 Å². The second kappa shape index (κ2) is 5.83. The Kier molecular flexibility index (Phi) is 3.94. The van der Waals surface area contributed by atoms with E-state index in [1.165, 1.54) is 0 Å². The minimum absolute atomic E-state index is 0.105. The molecule has 1 aromatic heterocycles. The molecule has 96 valence electrons. The third-order valence-corrected chi connectivity index (χ3v) is 2.63. The number of para-hydroxylation sites is 1.